The Morgan fingerprint density at radius 3 is 2.93 bits per heavy atom. The number of pyridine rings is 1. The maximum Gasteiger partial charge on any atom is 0.513 e. The number of nitrogens with two attached hydrogens (primary N) is 1. The van der Waals surface area contributed by atoms with Crippen LogP contribution in [0, 0.1) is 6.92 Å². The largest absolute Gasteiger partial charge is 0.513 e. The Kier molecular flexibility index (Phi) is 5.48. The number of ether oxygens (including phenoxy) is 3. The molecule has 3 heterocycles. The van der Waals surface area contributed by atoms with Gasteiger partial charge in [0.15, 0.2) is 5.75 Å². The van der Waals surface area contributed by atoms with Gasteiger partial charge >= 0.3 is 6.16 Å². The van der Waals surface area contributed by atoms with Gasteiger partial charge in [-0.1, -0.05) is 6.07 Å². The number of anilines is 1. The highest BCUT2D eigenvalue weighted by Gasteiger charge is 2.17. The molecule has 0 radical (unpaired) electrons. The summed E-state index contributed by atoms with van der Waals surface area (Å²) in [5.41, 5.74) is 7.66. The van der Waals surface area contributed by atoms with E-state index in [0.717, 1.165) is 11.1 Å². The van der Waals surface area contributed by atoms with Crippen LogP contribution >= 0.6 is 11.3 Å². The molecule has 0 amide bonds. The van der Waals surface area contributed by atoms with Gasteiger partial charge in [0.05, 0.1) is 17.5 Å². The van der Waals surface area contributed by atoms with Crippen LogP contribution in [0.1, 0.15) is 18.4 Å². The summed E-state index contributed by atoms with van der Waals surface area (Å²) < 4.78 is 22.2. The lowest BCUT2D eigenvalue weighted by atomic mass is 10.2. The summed E-state index contributed by atoms with van der Waals surface area (Å²) in [6, 6.07) is 7.36. The monoisotopic (exact) mass is 426 g/mol. The molecule has 0 bridgehead atoms. The van der Waals surface area contributed by atoms with E-state index in [1.807, 2.05) is 29.6 Å². The zero-order chi connectivity index (χ0) is 21.1. The van der Waals surface area contributed by atoms with Crippen molar-refractivity contribution in [3.8, 4) is 23.0 Å². The lowest BCUT2D eigenvalue weighted by Gasteiger charge is -2.08. The molecule has 0 saturated heterocycles. The molecule has 0 unspecified atom stereocenters. The third-order valence-corrected chi connectivity index (χ3v) is 5.17. The summed E-state index contributed by atoms with van der Waals surface area (Å²) in [6.07, 6.45) is 0.621. The smallest absolute Gasteiger partial charge is 0.489 e. The number of fused-ring (bicyclic) bond motifs is 1. The van der Waals surface area contributed by atoms with Crippen molar-refractivity contribution in [1.82, 2.24) is 15.2 Å². The van der Waals surface area contributed by atoms with Crippen LogP contribution < -0.4 is 15.2 Å². The summed E-state index contributed by atoms with van der Waals surface area (Å²) in [7, 11) is 0. The molecule has 1 aromatic carbocycles. The minimum atomic E-state index is -0.787. The van der Waals surface area contributed by atoms with Crippen molar-refractivity contribution in [1.29, 1.82) is 0 Å². The number of aryl methyl sites for hydroxylation is 1. The molecule has 0 aliphatic carbocycles. The van der Waals surface area contributed by atoms with Gasteiger partial charge in [0.1, 0.15) is 18.2 Å². The molecule has 0 saturated carbocycles. The molecule has 0 aliphatic rings. The van der Waals surface area contributed by atoms with Crippen LogP contribution in [-0.2, 0) is 11.3 Å². The summed E-state index contributed by atoms with van der Waals surface area (Å²) in [6.45, 7) is 3.90. The predicted molar refractivity (Wildman–Crippen MR) is 110 cm³/mol. The van der Waals surface area contributed by atoms with E-state index in [0.29, 0.717) is 39.2 Å². The fourth-order valence-corrected chi connectivity index (χ4v) is 3.83. The van der Waals surface area contributed by atoms with Crippen molar-refractivity contribution in [2.75, 3.05) is 12.3 Å². The second kappa shape index (κ2) is 8.37. The first-order chi connectivity index (χ1) is 14.5. The zero-order valence-electron chi connectivity index (χ0n) is 16.2. The number of nitrogen functional groups attached to an aromatic ring is 1. The summed E-state index contributed by atoms with van der Waals surface area (Å²) in [4.78, 5) is 15.8. The van der Waals surface area contributed by atoms with Gasteiger partial charge in [0, 0.05) is 23.4 Å². The maximum absolute atomic E-state index is 11.7. The fraction of sp³-hybridized carbons (Fsp3) is 0.200. The van der Waals surface area contributed by atoms with Crippen molar-refractivity contribution in [3.63, 3.8) is 0 Å². The first-order valence-electron chi connectivity index (χ1n) is 9.07. The number of carbonyl (C=O) groups excluding carboxylic acids is 1. The quantitative estimate of drug-likeness (QED) is 0.448. The first kappa shape index (κ1) is 19.6. The molecule has 3 aromatic heterocycles. The molecular weight excluding hydrogens is 408 g/mol. The van der Waals surface area contributed by atoms with Crippen molar-refractivity contribution >= 4 is 33.4 Å². The van der Waals surface area contributed by atoms with Crippen LogP contribution in [0.2, 0.25) is 0 Å². The van der Waals surface area contributed by atoms with Gasteiger partial charge in [-0.15, -0.1) is 21.5 Å². The van der Waals surface area contributed by atoms with E-state index in [9.17, 15) is 4.79 Å². The van der Waals surface area contributed by atoms with Crippen LogP contribution in [0.5, 0.6) is 11.5 Å². The predicted octanol–water partition coefficient (Wildman–Crippen LogP) is 4.35. The normalized spacial score (nSPS) is 10.9. The third kappa shape index (κ3) is 4.03. The van der Waals surface area contributed by atoms with Crippen LogP contribution in [0.3, 0.4) is 0 Å². The molecule has 0 aliphatic heterocycles. The van der Waals surface area contributed by atoms with Crippen LogP contribution in [0.15, 0.2) is 40.3 Å². The Labute approximate surface area is 175 Å². The van der Waals surface area contributed by atoms with Gasteiger partial charge in [0.2, 0.25) is 11.8 Å². The number of hydrogen-bond acceptors (Lipinski definition) is 10. The van der Waals surface area contributed by atoms with Gasteiger partial charge in [-0.05, 0) is 30.5 Å². The lowest BCUT2D eigenvalue weighted by molar-refractivity contribution is 0.105. The Hall–Kier alpha value is -3.66. The van der Waals surface area contributed by atoms with E-state index in [-0.39, 0.29) is 13.2 Å². The van der Waals surface area contributed by atoms with E-state index in [2.05, 4.69) is 15.2 Å². The average molecular weight is 426 g/mol. The van der Waals surface area contributed by atoms with Crippen LogP contribution in [0.4, 0.5) is 10.6 Å². The molecule has 154 valence electrons. The minimum absolute atomic E-state index is 0.218. The number of thiophene rings is 1. The molecule has 2 N–H and O–H groups in total. The Morgan fingerprint density at radius 2 is 2.17 bits per heavy atom. The lowest BCUT2D eigenvalue weighted by Crippen LogP contribution is -2.10. The fourth-order valence-electron chi connectivity index (χ4n) is 2.82. The number of rotatable bonds is 6. The second-order valence-corrected chi connectivity index (χ2v) is 7.08. The van der Waals surface area contributed by atoms with E-state index in [1.54, 1.807) is 13.8 Å². The van der Waals surface area contributed by atoms with Gasteiger partial charge in [-0.2, -0.15) is 0 Å². The highest BCUT2D eigenvalue weighted by Crippen LogP contribution is 2.37. The van der Waals surface area contributed by atoms with Gasteiger partial charge in [-0.25, -0.2) is 9.78 Å². The van der Waals surface area contributed by atoms with Crippen molar-refractivity contribution in [2.24, 2.45) is 0 Å². The number of aromatic nitrogens is 3. The molecule has 4 rings (SSSR count). The standard InChI is InChI=1S/C20H18N4O5S/c1-3-26-20(25)29-15-8-22-18(21)16-13(10-30-17(15)16)9-27-14-6-4-5-12(7-14)19-24-23-11(2)28-19/h4-8,10H,3,9H2,1-2H3,(H2,21,22). The van der Waals surface area contributed by atoms with Crippen LogP contribution in [-0.4, -0.2) is 27.9 Å². The van der Waals surface area contributed by atoms with Gasteiger partial charge in [0.25, 0.3) is 0 Å². The molecule has 10 heteroatoms. The van der Waals surface area contributed by atoms with Crippen molar-refractivity contribution in [3.05, 3.63) is 47.3 Å². The molecule has 0 spiro atoms. The van der Waals surface area contributed by atoms with Gasteiger partial charge in [-0.3, -0.25) is 0 Å². The second-order valence-electron chi connectivity index (χ2n) is 6.20. The summed E-state index contributed by atoms with van der Waals surface area (Å²) >= 11 is 1.39. The van der Waals surface area contributed by atoms with Crippen molar-refractivity contribution < 1.29 is 23.4 Å². The SMILES string of the molecule is CCOC(=O)Oc1cnc(N)c2c(COc3cccc(-c4nnc(C)o4)c3)csc12. The third-order valence-electron chi connectivity index (χ3n) is 4.12. The summed E-state index contributed by atoms with van der Waals surface area (Å²) in [5, 5.41) is 10.4. The highest BCUT2D eigenvalue weighted by molar-refractivity contribution is 7.17. The Morgan fingerprint density at radius 1 is 1.30 bits per heavy atom. The summed E-state index contributed by atoms with van der Waals surface area (Å²) in [5.74, 6) is 2.17. The molecule has 0 atom stereocenters. The molecular formula is C20H18N4O5S. The number of nitrogens with zero attached hydrogens (tertiary/aromatic N) is 3. The molecule has 4 aromatic rings. The Balaban J connectivity index is 1.55. The molecule has 30 heavy (non-hydrogen) atoms. The maximum atomic E-state index is 11.7. The van der Waals surface area contributed by atoms with E-state index in [4.69, 9.17) is 24.4 Å². The number of hydrogen-bond donors (Lipinski definition) is 1. The average Bonchev–Trinajstić information content (AvgIpc) is 3.36. The molecule has 9 nitrogen and oxygen atoms in total. The van der Waals surface area contributed by atoms with E-state index < -0.39 is 6.16 Å². The highest BCUT2D eigenvalue weighted by atomic mass is 32.1. The zero-order valence-corrected chi connectivity index (χ0v) is 17.1. The minimum Gasteiger partial charge on any atom is -0.489 e. The number of benzene rings is 1. The van der Waals surface area contributed by atoms with Gasteiger partial charge < -0.3 is 24.4 Å². The van der Waals surface area contributed by atoms with Crippen LogP contribution in [0.25, 0.3) is 21.5 Å². The number of carbonyl (C=O) groups is 1. The van der Waals surface area contributed by atoms with E-state index in [1.165, 1.54) is 17.5 Å². The van der Waals surface area contributed by atoms with Crippen molar-refractivity contribution in [2.45, 2.75) is 20.5 Å². The van der Waals surface area contributed by atoms with E-state index >= 15 is 0 Å². The first-order valence-corrected chi connectivity index (χ1v) is 9.95. The Bertz CT molecular complexity index is 1200. The topological polar surface area (TPSA) is 123 Å². The molecule has 0 fully saturated rings.